The van der Waals surface area contributed by atoms with Crippen molar-refractivity contribution in [3.05, 3.63) is 0 Å². The number of hydrogen-bond donors (Lipinski definition) is 2. The molecule has 0 bridgehead atoms. The summed E-state index contributed by atoms with van der Waals surface area (Å²) >= 11 is 0. The first-order valence-corrected chi connectivity index (χ1v) is 10.5. The van der Waals surface area contributed by atoms with Crippen LogP contribution in [0.2, 0.25) is 0 Å². The zero-order valence-electron chi connectivity index (χ0n) is 16.1. The number of urea groups is 1. The number of rotatable bonds is 5. The molecule has 1 atom stereocenters. The molecule has 2 aliphatic heterocycles. The predicted molar refractivity (Wildman–Crippen MR) is 98.6 cm³/mol. The molecule has 5 nitrogen and oxygen atoms in total. The van der Waals surface area contributed by atoms with Crippen molar-refractivity contribution in [2.24, 2.45) is 5.92 Å². The van der Waals surface area contributed by atoms with Crippen molar-refractivity contribution in [2.75, 3.05) is 39.3 Å². The summed E-state index contributed by atoms with van der Waals surface area (Å²) in [7, 11) is 0. The number of alkyl halides is 3. The molecule has 3 aliphatic rings. The Balaban J connectivity index is 1.29. The van der Waals surface area contributed by atoms with Gasteiger partial charge in [-0.1, -0.05) is 19.3 Å². The Bertz CT molecular complexity index is 474. The highest BCUT2D eigenvalue weighted by Crippen LogP contribution is 2.25. The van der Waals surface area contributed by atoms with E-state index in [1.807, 2.05) is 0 Å². The number of nitrogens with one attached hydrogen (secondary N) is 2. The summed E-state index contributed by atoms with van der Waals surface area (Å²) < 4.78 is 37.3. The van der Waals surface area contributed by atoms with E-state index in [0.29, 0.717) is 26.1 Å². The minimum atomic E-state index is -4.15. The lowest BCUT2D eigenvalue weighted by molar-refractivity contribution is -0.143. The van der Waals surface area contributed by atoms with E-state index < -0.39 is 12.7 Å². The first kappa shape index (κ1) is 20.7. The second-order valence-corrected chi connectivity index (χ2v) is 8.46. The highest BCUT2D eigenvalue weighted by molar-refractivity contribution is 5.74. The molecule has 0 aromatic carbocycles. The molecular weight excluding hydrogens is 357 g/mol. The summed E-state index contributed by atoms with van der Waals surface area (Å²) in [5.74, 6) is 0.103. The third-order valence-electron chi connectivity index (χ3n) is 6.28. The summed E-state index contributed by atoms with van der Waals surface area (Å²) in [5.41, 5.74) is 0. The standard InChI is InChI=1S/C19H33F3N4O/c20-19(21,22)14-25-9-6-15(13-25)12-23-18(27)24-16-7-10-26(11-8-16)17-4-2-1-3-5-17/h15-17H,1-14H2,(H2,23,24,27). The maximum Gasteiger partial charge on any atom is 0.401 e. The van der Waals surface area contributed by atoms with E-state index in [-0.39, 0.29) is 18.0 Å². The molecule has 1 aliphatic carbocycles. The van der Waals surface area contributed by atoms with Crippen LogP contribution in [0.4, 0.5) is 18.0 Å². The van der Waals surface area contributed by atoms with Gasteiger partial charge in [-0.3, -0.25) is 4.90 Å². The summed E-state index contributed by atoms with van der Waals surface area (Å²) in [5, 5.41) is 5.90. The predicted octanol–water partition coefficient (Wildman–Crippen LogP) is 2.97. The topological polar surface area (TPSA) is 47.6 Å². The van der Waals surface area contributed by atoms with Crippen LogP contribution in [0, 0.1) is 5.92 Å². The van der Waals surface area contributed by atoms with Crippen molar-refractivity contribution in [2.45, 2.75) is 69.6 Å². The van der Waals surface area contributed by atoms with Crippen LogP contribution in [0.15, 0.2) is 0 Å². The highest BCUT2D eigenvalue weighted by Gasteiger charge is 2.34. The SMILES string of the molecule is O=C(NCC1CCN(CC(F)(F)F)C1)NC1CCN(C2CCCCC2)CC1. The number of nitrogens with zero attached hydrogens (tertiary/aromatic N) is 2. The van der Waals surface area contributed by atoms with Gasteiger partial charge in [0.1, 0.15) is 0 Å². The first-order chi connectivity index (χ1) is 12.9. The van der Waals surface area contributed by atoms with Crippen molar-refractivity contribution in [3.63, 3.8) is 0 Å². The van der Waals surface area contributed by atoms with Gasteiger partial charge in [0.2, 0.25) is 0 Å². The molecule has 3 fully saturated rings. The molecule has 0 aromatic rings. The van der Waals surface area contributed by atoms with Crippen molar-refractivity contribution in [1.29, 1.82) is 0 Å². The fourth-order valence-corrected chi connectivity index (χ4v) is 4.81. The van der Waals surface area contributed by atoms with Crippen LogP contribution >= 0.6 is 0 Å². The molecule has 156 valence electrons. The Morgan fingerprint density at radius 1 is 0.963 bits per heavy atom. The second kappa shape index (κ2) is 9.45. The summed E-state index contributed by atoms with van der Waals surface area (Å²) in [4.78, 5) is 16.1. The fourth-order valence-electron chi connectivity index (χ4n) is 4.81. The van der Waals surface area contributed by atoms with Crippen LogP contribution in [0.3, 0.4) is 0 Å². The second-order valence-electron chi connectivity index (χ2n) is 8.46. The number of carbonyl (C=O) groups excluding carboxylic acids is 1. The van der Waals surface area contributed by atoms with Crippen LogP contribution in [0.25, 0.3) is 0 Å². The number of carbonyl (C=O) groups is 1. The van der Waals surface area contributed by atoms with E-state index in [0.717, 1.165) is 32.0 Å². The maximum atomic E-state index is 12.4. The van der Waals surface area contributed by atoms with E-state index >= 15 is 0 Å². The van der Waals surface area contributed by atoms with E-state index in [9.17, 15) is 18.0 Å². The van der Waals surface area contributed by atoms with E-state index in [2.05, 4.69) is 15.5 Å². The van der Waals surface area contributed by atoms with Crippen LogP contribution in [0.1, 0.15) is 51.4 Å². The summed E-state index contributed by atoms with van der Waals surface area (Å²) in [6.45, 7) is 2.54. The van der Waals surface area contributed by atoms with Gasteiger partial charge in [0.05, 0.1) is 6.54 Å². The van der Waals surface area contributed by atoms with Gasteiger partial charge in [-0.25, -0.2) is 4.79 Å². The number of halogens is 3. The maximum absolute atomic E-state index is 12.4. The third-order valence-corrected chi connectivity index (χ3v) is 6.28. The molecular formula is C19H33F3N4O. The minimum Gasteiger partial charge on any atom is -0.338 e. The van der Waals surface area contributed by atoms with Crippen molar-refractivity contribution < 1.29 is 18.0 Å². The lowest BCUT2D eigenvalue weighted by Gasteiger charge is -2.39. The van der Waals surface area contributed by atoms with Gasteiger partial charge < -0.3 is 15.5 Å². The smallest absolute Gasteiger partial charge is 0.338 e. The number of piperidine rings is 1. The Hall–Kier alpha value is -1.02. The monoisotopic (exact) mass is 390 g/mol. The van der Waals surface area contributed by atoms with E-state index in [4.69, 9.17) is 0 Å². The van der Waals surface area contributed by atoms with Gasteiger partial charge in [-0.05, 0) is 44.6 Å². The lowest BCUT2D eigenvalue weighted by Crippen LogP contribution is -2.50. The minimum absolute atomic E-state index is 0.103. The third kappa shape index (κ3) is 6.82. The number of hydrogen-bond acceptors (Lipinski definition) is 3. The molecule has 0 aromatic heterocycles. The fraction of sp³-hybridized carbons (Fsp3) is 0.947. The molecule has 3 rings (SSSR count). The Labute approximate surface area is 160 Å². The number of amides is 2. The summed E-state index contributed by atoms with van der Waals surface area (Å²) in [6, 6.07) is 0.756. The lowest BCUT2D eigenvalue weighted by atomic mass is 9.92. The Morgan fingerprint density at radius 2 is 1.67 bits per heavy atom. The highest BCUT2D eigenvalue weighted by atomic mass is 19.4. The zero-order chi connectivity index (χ0) is 19.3. The van der Waals surface area contributed by atoms with Gasteiger partial charge >= 0.3 is 12.2 Å². The molecule has 27 heavy (non-hydrogen) atoms. The van der Waals surface area contributed by atoms with Crippen molar-refractivity contribution in [3.8, 4) is 0 Å². The van der Waals surface area contributed by atoms with Gasteiger partial charge in [0, 0.05) is 38.3 Å². The molecule has 1 unspecified atom stereocenters. The quantitative estimate of drug-likeness (QED) is 0.759. The van der Waals surface area contributed by atoms with Crippen LogP contribution in [0.5, 0.6) is 0 Å². The van der Waals surface area contributed by atoms with Gasteiger partial charge in [0.15, 0.2) is 0 Å². The van der Waals surface area contributed by atoms with Gasteiger partial charge in [0.25, 0.3) is 0 Å². The summed E-state index contributed by atoms with van der Waals surface area (Å²) in [6.07, 6.45) is 5.18. The number of likely N-dealkylation sites (tertiary alicyclic amines) is 2. The molecule has 2 amide bonds. The van der Waals surface area contributed by atoms with Crippen molar-refractivity contribution >= 4 is 6.03 Å². The van der Waals surface area contributed by atoms with Crippen LogP contribution < -0.4 is 10.6 Å². The molecule has 2 N–H and O–H groups in total. The van der Waals surface area contributed by atoms with Gasteiger partial charge in [-0.2, -0.15) is 13.2 Å². The molecule has 2 saturated heterocycles. The molecule has 2 heterocycles. The Kier molecular flexibility index (Phi) is 7.25. The van der Waals surface area contributed by atoms with E-state index in [1.165, 1.54) is 37.0 Å². The zero-order valence-corrected chi connectivity index (χ0v) is 16.1. The van der Waals surface area contributed by atoms with Gasteiger partial charge in [-0.15, -0.1) is 0 Å². The average molecular weight is 390 g/mol. The largest absolute Gasteiger partial charge is 0.401 e. The Morgan fingerprint density at radius 3 is 2.33 bits per heavy atom. The van der Waals surface area contributed by atoms with Crippen LogP contribution in [-0.2, 0) is 0 Å². The molecule has 1 saturated carbocycles. The molecule has 8 heteroatoms. The average Bonchev–Trinajstić information content (AvgIpc) is 3.07. The normalized spacial score (nSPS) is 27.0. The molecule has 0 radical (unpaired) electrons. The first-order valence-electron chi connectivity index (χ1n) is 10.5. The van der Waals surface area contributed by atoms with Crippen LogP contribution in [-0.4, -0.2) is 73.4 Å². The van der Waals surface area contributed by atoms with E-state index in [1.54, 1.807) is 0 Å². The van der Waals surface area contributed by atoms with Crippen molar-refractivity contribution in [1.82, 2.24) is 20.4 Å². The molecule has 0 spiro atoms.